The van der Waals surface area contributed by atoms with E-state index in [4.69, 9.17) is 21.4 Å². The average molecular weight is 697 g/mol. The van der Waals surface area contributed by atoms with E-state index in [0.29, 0.717) is 74.6 Å². The van der Waals surface area contributed by atoms with Crippen LogP contribution in [0.5, 0.6) is 5.75 Å². The molecule has 11 nitrogen and oxygen atoms in total. The number of nitrogens with zero attached hydrogens (tertiary/aromatic N) is 5. The first kappa shape index (κ1) is 32.8. The number of alkyl halides is 3. The van der Waals surface area contributed by atoms with Gasteiger partial charge in [0.05, 0.1) is 35.2 Å². The first-order valence-electron chi connectivity index (χ1n) is 15.9. The summed E-state index contributed by atoms with van der Waals surface area (Å²) in [5.41, 5.74) is 1.27. The molecule has 5 heterocycles. The van der Waals surface area contributed by atoms with Gasteiger partial charge in [-0.05, 0) is 67.5 Å². The number of carbonyl (C=O) groups excluding carboxylic acids is 2. The third-order valence-corrected chi connectivity index (χ3v) is 10.1. The van der Waals surface area contributed by atoms with Crippen LogP contribution in [0.4, 0.5) is 18.9 Å². The fraction of sp³-hybridized carbons (Fsp3) is 0.382. The lowest BCUT2D eigenvalue weighted by Gasteiger charge is -2.39. The summed E-state index contributed by atoms with van der Waals surface area (Å²) in [5, 5.41) is 17.3. The fourth-order valence-electron chi connectivity index (χ4n) is 7.49. The van der Waals surface area contributed by atoms with Gasteiger partial charge < -0.3 is 24.6 Å². The number of halogens is 4. The second-order valence-corrected chi connectivity index (χ2v) is 13.2. The van der Waals surface area contributed by atoms with Gasteiger partial charge in [0.2, 0.25) is 5.91 Å². The summed E-state index contributed by atoms with van der Waals surface area (Å²) in [5.74, 6) is -1.31. The molecule has 4 aromatic rings. The van der Waals surface area contributed by atoms with E-state index >= 15 is 0 Å². The van der Waals surface area contributed by atoms with Crippen molar-refractivity contribution in [2.24, 2.45) is 0 Å². The Morgan fingerprint density at radius 1 is 1.18 bits per heavy atom. The topological polar surface area (TPSA) is 131 Å². The molecule has 1 spiro atoms. The number of nitrogens with one attached hydrogen (secondary N) is 1. The fourth-order valence-corrected chi connectivity index (χ4v) is 7.72. The number of amides is 2. The molecule has 7 rings (SSSR count). The van der Waals surface area contributed by atoms with Crippen molar-refractivity contribution in [1.82, 2.24) is 24.1 Å². The summed E-state index contributed by atoms with van der Waals surface area (Å²) in [6, 6.07) is 7.44. The van der Waals surface area contributed by atoms with E-state index in [9.17, 15) is 32.7 Å². The van der Waals surface area contributed by atoms with Crippen LogP contribution < -0.4 is 10.9 Å². The first-order chi connectivity index (χ1) is 23.4. The van der Waals surface area contributed by atoms with Crippen LogP contribution in [0.3, 0.4) is 0 Å². The second-order valence-electron chi connectivity index (χ2n) is 12.8. The van der Waals surface area contributed by atoms with Crippen molar-refractivity contribution in [3.8, 4) is 5.75 Å². The third-order valence-electron chi connectivity index (χ3n) is 9.78. The molecule has 15 heteroatoms. The van der Waals surface area contributed by atoms with Gasteiger partial charge >= 0.3 is 6.18 Å². The number of benzene rings is 1. The number of rotatable bonds is 5. The molecule has 3 aliphatic rings. The number of anilines is 1. The predicted molar refractivity (Wildman–Crippen MR) is 174 cm³/mol. The van der Waals surface area contributed by atoms with Crippen molar-refractivity contribution < 1.29 is 32.6 Å². The van der Waals surface area contributed by atoms with Crippen molar-refractivity contribution in [3.05, 3.63) is 92.3 Å². The van der Waals surface area contributed by atoms with E-state index in [1.807, 2.05) is 13.0 Å². The number of fused-ring (bicyclic) bond motifs is 3. The summed E-state index contributed by atoms with van der Waals surface area (Å²) in [4.78, 5) is 46.9. The van der Waals surface area contributed by atoms with E-state index in [-0.39, 0.29) is 40.2 Å². The number of carbonyl (C=O) groups is 2. The van der Waals surface area contributed by atoms with Crippen LogP contribution >= 0.6 is 11.6 Å². The molecule has 2 N–H and O–H groups in total. The molecule has 3 aromatic heterocycles. The minimum absolute atomic E-state index is 0.0236. The minimum Gasteiger partial charge on any atom is -0.505 e. The highest BCUT2D eigenvalue weighted by Gasteiger charge is 2.49. The Kier molecular flexibility index (Phi) is 8.26. The van der Waals surface area contributed by atoms with Crippen LogP contribution in [0.25, 0.3) is 11.2 Å². The Hall–Kier alpha value is -4.69. The van der Waals surface area contributed by atoms with Crippen molar-refractivity contribution in [2.45, 2.75) is 56.7 Å². The minimum atomic E-state index is -4.59. The van der Waals surface area contributed by atoms with Gasteiger partial charge in [0, 0.05) is 42.0 Å². The zero-order valence-corrected chi connectivity index (χ0v) is 27.1. The number of likely N-dealkylation sites (tertiary alicyclic amines) is 1. The van der Waals surface area contributed by atoms with Gasteiger partial charge in [-0.15, -0.1) is 0 Å². The van der Waals surface area contributed by atoms with Gasteiger partial charge in [-0.3, -0.25) is 14.4 Å². The number of piperidine rings is 1. The van der Waals surface area contributed by atoms with Gasteiger partial charge in [0.15, 0.2) is 5.69 Å². The molecule has 0 radical (unpaired) electrons. The highest BCUT2D eigenvalue weighted by atomic mass is 35.5. The standard InChI is InChI=1S/C34H32ClF3N6O5/c1-19-17-33(8-11-42(12-9-33)32(48)29-25(45)3-2-10-39-29)28-30(19)43(18-26(46)40-23-5-4-21(15-22(23)35)34(36,37)38)27-16-24(41-44(27)31(28)47)20-6-13-49-14-7-20/h2-6,10,15-16,19,45H,7-9,11-14,17-18H2,1H3,(H,40,46). The van der Waals surface area contributed by atoms with E-state index in [1.54, 1.807) is 15.5 Å². The Bertz CT molecular complexity index is 2080. The van der Waals surface area contributed by atoms with Crippen LogP contribution in [-0.4, -0.2) is 67.3 Å². The SMILES string of the molecule is CC1CC2(CCN(C(=O)c3ncccc3O)CC2)c2c1n(CC(=O)Nc1ccc(C(F)(F)F)cc1Cl)c1cc(C3=CCOCC3)nn1c2=O. The quantitative estimate of drug-likeness (QED) is 0.286. The maximum atomic E-state index is 14.4. The number of aromatic nitrogens is 4. The number of hydrogen-bond donors (Lipinski definition) is 2. The zero-order valence-electron chi connectivity index (χ0n) is 26.4. The van der Waals surface area contributed by atoms with Gasteiger partial charge in [0.25, 0.3) is 11.5 Å². The third kappa shape index (κ3) is 5.86. The molecule has 2 aliphatic heterocycles. The molecule has 1 unspecified atom stereocenters. The second kappa shape index (κ2) is 12.3. The Morgan fingerprint density at radius 3 is 2.63 bits per heavy atom. The van der Waals surface area contributed by atoms with Crippen LogP contribution in [0, 0.1) is 0 Å². The van der Waals surface area contributed by atoms with E-state index in [1.165, 1.54) is 22.8 Å². The zero-order chi connectivity index (χ0) is 34.7. The van der Waals surface area contributed by atoms with Crippen LogP contribution in [0.1, 0.15) is 71.5 Å². The molecule has 0 saturated carbocycles. The summed E-state index contributed by atoms with van der Waals surface area (Å²) >= 11 is 6.14. The Balaban J connectivity index is 1.26. The summed E-state index contributed by atoms with van der Waals surface area (Å²) in [6.07, 6.45) is 0.886. The molecular formula is C34H32ClF3N6O5. The van der Waals surface area contributed by atoms with E-state index in [2.05, 4.69) is 10.3 Å². The highest BCUT2D eigenvalue weighted by molar-refractivity contribution is 6.33. The van der Waals surface area contributed by atoms with Crippen LogP contribution in [0.2, 0.25) is 5.02 Å². The molecule has 1 aliphatic carbocycles. The molecule has 49 heavy (non-hydrogen) atoms. The van der Waals surface area contributed by atoms with E-state index < -0.39 is 29.0 Å². The smallest absolute Gasteiger partial charge is 0.416 e. The van der Waals surface area contributed by atoms with Crippen molar-refractivity contribution in [3.63, 3.8) is 0 Å². The predicted octanol–water partition coefficient (Wildman–Crippen LogP) is 5.39. The number of ether oxygens (including phenoxy) is 1. The largest absolute Gasteiger partial charge is 0.505 e. The van der Waals surface area contributed by atoms with Gasteiger partial charge in [-0.25, -0.2) is 4.98 Å². The molecule has 1 atom stereocenters. The van der Waals surface area contributed by atoms with Gasteiger partial charge in [0.1, 0.15) is 17.9 Å². The summed E-state index contributed by atoms with van der Waals surface area (Å²) in [6.45, 7) is 3.28. The van der Waals surface area contributed by atoms with Crippen molar-refractivity contribution in [1.29, 1.82) is 0 Å². The molecule has 1 fully saturated rings. The monoisotopic (exact) mass is 696 g/mol. The average Bonchev–Trinajstić information content (AvgIpc) is 3.64. The molecule has 0 bridgehead atoms. The Morgan fingerprint density at radius 2 is 1.96 bits per heavy atom. The van der Waals surface area contributed by atoms with E-state index in [0.717, 1.165) is 23.8 Å². The molecule has 256 valence electrons. The van der Waals surface area contributed by atoms with Crippen LogP contribution in [-0.2, 0) is 27.7 Å². The van der Waals surface area contributed by atoms with Crippen LogP contribution in [0.15, 0.2) is 53.5 Å². The molecule has 2 amide bonds. The Labute approximate surface area is 282 Å². The van der Waals surface area contributed by atoms with Crippen molar-refractivity contribution >= 4 is 40.3 Å². The summed E-state index contributed by atoms with van der Waals surface area (Å²) < 4.78 is 48.2. The molecular weight excluding hydrogens is 665 g/mol. The number of hydrogen-bond acceptors (Lipinski definition) is 7. The highest BCUT2D eigenvalue weighted by Crippen LogP contribution is 2.50. The number of aromatic hydroxyl groups is 1. The normalized spacial score (nSPS) is 18.8. The van der Waals surface area contributed by atoms with Gasteiger partial charge in [-0.1, -0.05) is 24.6 Å². The lowest BCUT2D eigenvalue weighted by atomic mass is 9.73. The van der Waals surface area contributed by atoms with Gasteiger partial charge in [-0.2, -0.15) is 22.8 Å². The maximum absolute atomic E-state index is 14.4. The first-order valence-corrected chi connectivity index (χ1v) is 16.3. The molecule has 1 aromatic carbocycles. The lowest BCUT2D eigenvalue weighted by Crippen LogP contribution is -2.46. The molecule has 1 saturated heterocycles. The lowest BCUT2D eigenvalue weighted by molar-refractivity contribution is -0.137. The van der Waals surface area contributed by atoms with Crippen molar-refractivity contribution in [2.75, 3.05) is 31.6 Å². The summed E-state index contributed by atoms with van der Waals surface area (Å²) in [7, 11) is 0. The maximum Gasteiger partial charge on any atom is 0.416 e. The number of pyridine rings is 1.